The molecule has 0 spiro atoms. The van der Waals surface area contributed by atoms with E-state index >= 15 is 0 Å². The lowest BCUT2D eigenvalue weighted by Crippen LogP contribution is -2.45. The molecule has 126 valence electrons. The van der Waals surface area contributed by atoms with Crippen molar-refractivity contribution in [2.45, 2.75) is 70.6 Å². The maximum absolute atomic E-state index is 12.0. The van der Waals surface area contributed by atoms with Gasteiger partial charge in [-0.25, -0.2) is 4.79 Å². The Labute approximate surface area is 137 Å². The van der Waals surface area contributed by atoms with Crippen LogP contribution in [0.2, 0.25) is 0 Å². The van der Waals surface area contributed by atoms with Gasteiger partial charge in [0.15, 0.2) is 0 Å². The van der Waals surface area contributed by atoms with Crippen LogP contribution >= 0.6 is 11.6 Å². The van der Waals surface area contributed by atoms with E-state index in [-0.39, 0.29) is 18.0 Å². The number of carbonyl (C=O) groups is 2. The standard InChI is InChI=1S/C16H27ClN2O3/c1-16(2,3)22-15(21)18-12-4-6-13(7-5-12)19-10-11(9-17)8-14(19)20/h11-13H,4-10H2,1-3H3,(H,18,21). The number of nitrogens with one attached hydrogen (secondary N) is 1. The number of amides is 2. The highest BCUT2D eigenvalue weighted by molar-refractivity contribution is 6.18. The van der Waals surface area contributed by atoms with Gasteiger partial charge >= 0.3 is 6.09 Å². The molecule has 22 heavy (non-hydrogen) atoms. The Kier molecular flexibility index (Phi) is 5.59. The summed E-state index contributed by atoms with van der Waals surface area (Å²) < 4.78 is 5.28. The minimum Gasteiger partial charge on any atom is -0.444 e. The zero-order valence-corrected chi connectivity index (χ0v) is 14.5. The molecule has 1 heterocycles. The molecule has 1 saturated carbocycles. The quantitative estimate of drug-likeness (QED) is 0.809. The van der Waals surface area contributed by atoms with Crippen molar-refractivity contribution in [3.63, 3.8) is 0 Å². The minimum atomic E-state index is -0.472. The molecule has 1 N–H and O–H groups in total. The van der Waals surface area contributed by atoms with Gasteiger partial charge in [-0.05, 0) is 52.4 Å². The SMILES string of the molecule is CC(C)(C)OC(=O)NC1CCC(N2CC(CCl)CC2=O)CC1. The molecule has 0 aromatic carbocycles. The van der Waals surface area contributed by atoms with Gasteiger partial charge in [0.1, 0.15) is 5.60 Å². The molecule has 5 nitrogen and oxygen atoms in total. The molecule has 0 aromatic heterocycles. The van der Waals surface area contributed by atoms with E-state index in [9.17, 15) is 9.59 Å². The number of carbonyl (C=O) groups excluding carboxylic acids is 2. The van der Waals surface area contributed by atoms with Crippen LogP contribution in [0.25, 0.3) is 0 Å². The lowest BCUT2D eigenvalue weighted by molar-refractivity contribution is -0.130. The number of hydrogen-bond acceptors (Lipinski definition) is 3. The van der Waals surface area contributed by atoms with Gasteiger partial charge in [-0.2, -0.15) is 0 Å². The highest BCUT2D eigenvalue weighted by Gasteiger charge is 2.36. The van der Waals surface area contributed by atoms with Gasteiger partial charge in [0.2, 0.25) is 5.91 Å². The average molecular weight is 331 g/mol. The predicted octanol–water partition coefficient (Wildman–Crippen LogP) is 2.91. The molecular formula is C16H27ClN2O3. The summed E-state index contributed by atoms with van der Waals surface area (Å²) in [6, 6.07) is 0.449. The fourth-order valence-electron chi connectivity index (χ4n) is 3.27. The van der Waals surface area contributed by atoms with Crippen LogP contribution in [0.4, 0.5) is 4.79 Å². The molecule has 2 rings (SSSR count). The summed E-state index contributed by atoms with van der Waals surface area (Å²) in [5, 5.41) is 2.93. The van der Waals surface area contributed by atoms with Crippen LogP contribution in [0.3, 0.4) is 0 Å². The zero-order chi connectivity index (χ0) is 16.3. The Hall–Kier alpha value is -0.970. The van der Waals surface area contributed by atoms with Crippen LogP contribution in [0.15, 0.2) is 0 Å². The summed E-state index contributed by atoms with van der Waals surface area (Å²) >= 11 is 5.87. The van der Waals surface area contributed by atoms with E-state index in [1.54, 1.807) is 0 Å². The highest BCUT2D eigenvalue weighted by atomic mass is 35.5. The third kappa shape index (κ3) is 4.77. The zero-order valence-electron chi connectivity index (χ0n) is 13.7. The maximum atomic E-state index is 12.0. The Balaban J connectivity index is 1.76. The second kappa shape index (κ2) is 7.07. The Morgan fingerprint density at radius 3 is 2.45 bits per heavy atom. The third-order valence-corrected chi connectivity index (χ3v) is 4.75. The van der Waals surface area contributed by atoms with Crippen molar-refractivity contribution in [3.05, 3.63) is 0 Å². The molecule has 0 radical (unpaired) electrons. The largest absolute Gasteiger partial charge is 0.444 e. The molecule has 0 bridgehead atoms. The molecule has 1 atom stereocenters. The van der Waals surface area contributed by atoms with E-state index < -0.39 is 5.60 Å². The molecule has 1 unspecified atom stereocenters. The average Bonchev–Trinajstić information content (AvgIpc) is 2.79. The summed E-state index contributed by atoms with van der Waals surface area (Å²) in [6.45, 7) is 6.36. The van der Waals surface area contributed by atoms with Crippen LogP contribution < -0.4 is 5.32 Å². The summed E-state index contributed by atoms with van der Waals surface area (Å²) in [4.78, 5) is 25.8. The Bertz CT molecular complexity index is 414. The number of alkyl carbamates (subject to hydrolysis) is 1. The second-order valence-electron chi connectivity index (χ2n) is 7.42. The van der Waals surface area contributed by atoms with Crippen LogP contribution in [-0.4, -0.2) is 47.0 Å². The van der Waals surface area contributed by atoms with Crippen LogP contribution in [-0.2, 0) is 9.53 Å². The number of hydrogen-bond donors (Lipinski definition) is 1. The molecule has 1 aliphatic heterocycles. The Morgan fingerprint density at radius 2 is 1.95 bits per heavy atom. The van der Waals surface area contributed by atoms with Crippen LogP contribution in [0, 0.1) is 5.92 Å². The number of alkyl halides is 1. The number of likely N-dealkylation sites (tertiary alicyclic amines) is 1. The molecule has 1 saturated heterocycles. The smallest absolute Gasteiger partial charge is 0.407 e. The number of nitrogens with zero attached hydrogens (tertiary/aromatic N) is 1. The third-order valence-electron chi connectivity index (χ3n) is 4.32. The van der Waals surface area contributed by atoms with Crippen molar-refractivity contribution in [2.75, 3.05) is 12.4 Å². The monoisotopic (exact) mass is 330 g/mol. The Morgan fingerprint density at radius 1 is 1.32 bits per heavy atom. The molecule has 6 heteroatoms. The van der Waals surface area contributed by atoms with E-state index in [1.165, 1.54) is 0 Å². The normalized spacial score (nSPS) is 29.5. The molecular weight excluding hydrogens is 304 g/mol. The lowest BCUT2D eigenvalue weighted by Gasteiger charge is -2.35. The summed E-state index contributed by atoms with van der Waals surface area (Å²) in [5.41, 5.74) is -0.472. The van der Waals surface area contributed by atoms with Crippen molar-refractivity contribution in [3.8, 4) is 0 Å². The highest BCUT2D eigenvalue weighted by Crippen LogP contribution is 2.29. The first-order valence-electron chi connectivity index (χ1n) is 8.13. The van der Waals surface area contributed by atoms with Crippen molar-refractivity contribution in [1.29, 1.82) is 0 Å². The van der Waals surface area contributed by atoms with E-state index in [2.05, 4.69) is 5.32 Å². The van der Waals surface area contributed by atoms with Crippen molar-refractivity contribution >= 4 is 23.6 Å². The number of ether oxygens (including phenoxy) is 1. The number of rotatable bonds is 3. The van der Waals surface area contributed by atoms with Gasteiger partial charge in [0.05, 0.1) is 0 Å². The maximum Gasteiger partial charge on any atom is 0.407 e. The lowest BCUT2D eigenvalue weighted by atomic mass is 9.90. The minimum absolute atomic E-state index is 0.146. The van der Waals surface area contributed by atoms with Crippen molar-refractivity contribution in [1.82, 2.24) is 10.2 Å². The van der Waals surface area contributed by atoms with Gasteiger partial charge in [0, 0.05) is 30.9 Å². The second-order valence-corrected chi connectivity index (χ2v) is 7.73. The predicted molar refractivity (Wildman–Crippen MR) is 86.0 cm³/mol. The molecule has 2 amide bonds. The molecule has 2 fully saturated rings. The van der Waals surface area contributed by atoms with Crippen molar-refractivity contribution in [2.24, 2.45) is 5.92 Å². The van der Waals surface area contributed by atoms with E-state index in [0.29, 0.717) is 24.3 Å². The van der Waals surface area contributed by atoms with Crippen molar-refractivity contribution < 1.29 is 14.3 Å². The van der Waals surface area contributed by atoms with Crippen LogP contribution in [0.1, 0.15) is 52.9 Å². The summed E-state index contributed by atoms with van der Waals surface area (Å²) in [5.74, 6) is 1.08. The van der Waals surface area contributed by atoms with E-state index in [1.807, 2.05) is 25.7 Å². The topological polar surface area (TPSA) is 58.6 Å². The first kappa shape index (κ1) is 17.4. The van der Waals surface area contributed by atoms with Gasteiger partial charge in [-0.15, -0.1) is 11.6 Å². The summed E-state index contributed by atoms with van der Waals surface area (Å²) in [6.07, 6.45) is 3.87. The van der Waals surface area contributed by atoms with E-state index in [0.717, 1.165) is 32.2 Å². The molecule has 0 aromatic rings. The van der Waals surface area contributed by atoms with Gasteiger partial charge < -0.3 is 15.0 Å². The van der Waals surface area contributed by atoms with Gasteiger partial charge in [-0.1, -0.05) is 0 Å². The molecule has 1 aliphatic carbocycles. The van der Waals surface area contributed by atoms with Crippen LogP contribution in [0.5, 0.6) is 0 Å². The first-order valence-corrected chi connectivity index (χ1v) is 8.67. The molecule has 2 aliphatic rings. The summed E-state index contributed by atoms with van der Waals surface area (Å²) in [7, 11) is 0. The first-order chi connectivity index (χ1) is 10.3. The fraction of sp³-hybridized carbons (Fsp3) is 0.875. The van der Waals surface area contributed by atoms with E-state index in [4.69, 9.17) is 16.3 Å². The fourth-order valence-corrected chi connectivity index (χ4v) is 3.48. The van der Waals surface area contributed by atoms with Gasteiger partial charge in [0.25, 0.3) is 0 Å². The number of halogens is 1. The van der Waals surface area contributed by atoms with Gasteiger partial charge in [-0.3, -0.25) is 4.79 Å².